The van der Waals surface area contributed by atoms with Gasteiger partial charge in [0.25, 0.3) is 0 Å². The molecular formula is C15H23BrClNO3. The van der Waals surface area contributed by atoms with E-state index < -0.39 is 12.1 Å². The minimum Gasteiger partial charge on any atom is -0.495 e. The molecule has 6 heteroatoms. The Balaban J connectivity index is 0.00000220. The third-order valence-electron chi connectivity index (χ3n) is 4.10. The van der Waals surface area contributed by atoms with Crippen LogP contribution in [0.1, 0.15) is 37.3 Å². The van der Waals surface area contributed by atoms with E-state index in [2.05, 4.69) is 15.9 Å². The van der Waals surface area contributed by atoms with E-state index in [0.29, 0.717) is 17.4 Å². The minimum atomic E-state index is -0.520. The molecule has 2 atom stereocenters. The fourth-order valence-corrected chi connectivity index (χ4v) is 3.42. The second-order valence-electron chi connectivity index (χ2n) is 5.30. The standard InChI is InChI=1S/C15H22BrNO3.ClH/c1-19-11-7-10(8-12(20-2)13(11)16)14(17)15(18)9-5-3-4-6-9;/h7-9,14-15,18H,3-6,17H2,1-2H3;1H/t14-,15+;/m1./s1. The zero-order valence-corrected chi connectivity index (χ0v) is 14.7. The topological polar surface area (TPSA) is 64.7 Å². The van der Waals surface area contributed by atoms with Crippen molar-refractivity contribution in [1.82, 2.24) is 0 Å². The van der Waals surface area contributed by atoms with Gasteiger partial charge in [-0.1, -0.05) is 12.8 Å². The van der Waals surface area contributed by atoms with Gasteiger partial charge in [-0.2, -0.15) is 0 Å². The molecule has 3 N–H and O–H groups in total. The van der Waals surface area contributed by atoms with Crippen molar-refractivity contribution in [3.8, 4) is 11.5 Å². The maximum atomic E-state index is 10.4. The number of benzene rings is 1. The highest BCUT2D eigenvalue weighted by Crippen LogP contribution is 2.39. The molecule has 1 aromatic rings. The minimum absolute atomic E-state index is 0. The number of hydrogen-bond donors (Lipinski definition) is 2. The summed E-state index contributed by atoms with van der Waals surface area (Å²) in [7, 11) is 3.20. The molecule has 4 nitrogen and oxygen atoms in total. The van der Waals surface area contributed by atoms with E-state index in [1.807, 2.05) is 12.1 Å². The van der Waals surface area contributed by atoms with E-state index in [0.717, 1.165) is 22.9 Å². The summed E-state index contributed by atoms with van der Waals surface area (Å²) in [6.45, 7) is 0. The predicted octanol–water partition coefficient (Wildman–Crippen LogP) is 3.44. The summed E-state index contributed by atoms with van der Waals surface area (Å²) in [6, 6.07) is 3.29. The number of nitrogens with two attached hydrogens (primary N) is 1. The summed E-state index contributed by atoms with van der Waals surface area (Å²) < 4.78 is 11.4. The van der Waals surface area contributed by atoms with Crippen LogP contribution in [0.4, 0.5) is 0 Å². The molecule has 21 heavy (non-hydrogen) atoms. The number of aliphatic hydroxyl groups is 1. The van der Waals surface area contributed by atoms with Gasteiger partial charge in [0.15, 0.2) is 0 Å². The molecule has 1 fully saturated rings. The van der Waals surface area contributed by atoms with Crippen LogP contribution in [0.15, 0.2) is 16.6 Å². The van der Waals surface area contributed by atoms with Crippen LogP contribution in [0.25, 0.3) is 0 Å². The van der Waals surface area contributed by atoms with Gasteiger partial charge in [0.05, 0.1) is 26.4 Å². The smallest absolute Gasteiger partial charge is 0.137 e. The maximum Gasteiger partial charge on any atom is 0.137 e. The molecule has 120 valence electrons. The summed E-state index contributed by atoms with van der Waals surface area (Å²) >= 11 is 3.43. The average molecular weight is 381 g/mol. The van der Waals surface area contributed by atoms with Gasteiger partial charge in [-0.3, -0.25) is 0 Å². The van der Waals surface area contributed by atoms with Crippen LogP contribution in [0, 0.1) is 5.92 Å². The number of rotatable bonds is 5. The first kappa shape index (κ1) is 18.6. The molecule has 0 heterocycles. The van der Waals surface area contributed by atoms with Crippen LogP contribution in [-0.4, -0.2) is 25.4 Å². The molecule has 1 aromatic carbocycles. The van der Waals surface area contributed by atoms with E-state index in [9.17, 15) is 5.11 Å². The van der Waals surface area contributed by atoms with Gasteiger partial charge in [0, 0.05) is 0 Å². The fraction of sp³-hybridized carbons (Fsp3) is 0.600. The molecule has 0 bridgehead atoms. The molecule has 0 saturated heterocycles. The Bertz CT molecular complexity index is 441. The molecular weight excluding hydrogens is 358 g/mol. The van der Waals surface area contributed by atoms with Crippen molar-refractivity contribution in [3.63, 3.8) is 0 Å². The van der Waals surface area contributed by atoms with Crippen molar-refractivity contribution in [2.45, 2.75) is 37.8 Å². The van der Waals surface area contributed by atoms with Crippen molar-refractivity contribution in [3.05, 3.63) is 22.2 Å². The zero-order chi connectivity index (χ0) is 14.7. The van der Waals surface area contributed by atoms with Crippen LogP contribution in [0.3, 0.4) is 0 Å². The SMILES string of the molecule is COc1cc([C@@H](N)[C@@H](O)C2CCCC2)cc(OC)c1Br.Cl. The number of halogens is 2. The molecule has 0 aromatic heterocycles. The summed E-state index contributed by atoms with van der Waals surface area (Å²) in [5, 5.41) is 10.4. The highest BCUT2D eigenvalue weighted by Gasteiger charge is 2.29. The Kier molecular flexibility index (Phi) is 7.27. The molecule has 1 aliphatic rings. The lowest BCUT2D eigenvalue weighted by Gasteiger charge is -2.25. The molecule has 0 aliphatic heterocycles. The second kappa shape index (κ2) is 8.22. The van der Waals surface area contributed by atoms with E-state index in [1.165, 1.54) is 12.8 Å². The molecule has 1 saturated carbocycles. The Labute approximate surface area is 140 Å². The van der Waals surface area contributed by atoms with Gasteiger partial charge < -0.3 is 20.3 Å². The second-order valence-corrected chi connectivity index (χ2v) is 6.09. The van der Waals surface area contributed by atoms with Gasteiger partial charge in [0.1, 0.15) is 16.0 Å². The Hall–Kier alpha value is -0.490. The monoisotopic (exact) mass is 379 g/mol. The number of hydrogen-bond acceptors (Lipinski definition) is 4. The number of aliphatic hydroxyl groups excluding tert-OH is 1. The van der Waals surface area contributed by atoms with Gasteiger partial charge in [-0.15, -0.1) is 12.4 Å². The van der Waals surface area contributed by atoms with Crippen LogP contribution < -0.4 is 15.2 Å². The lowest BCUT2D eigenvalue weighted by Crippen LogP contribution is -2.32. The largest absolute Gasteiger partial charge is 0.495 e. The summed E-state index contributed by atoms with van der Waals surface area (Å²) in [6.07, 6.45) is 3.95. The third kappa shape index (κ3) is 4.03. The van der Waals surface area contributed by atoms with E-state index in [4.69, 9.17) is 15.2 Å². The third-order valence-corrected chi connectivity index (χ3v) is 4.89. The van der Waals surface area contributed by atoms with Gasteiger partial charge >= 0.3 is 0 Å². The van der Waals surface area contributed by atoms with E-state index in [1.54, 1.807) is 14.2 Å². The van der Waals surface area contributed by atoms with Crippen molar-refractivity contribution in [2.75, 3.05) is 14.2 Å². The summed E-state index contributed by atoms with van der Waals surface area (Å²) in [5.74, 6) is 1.62. The normalized spacial score (nSPS) is 18.0. The maximum absolute atomic E-state index is 10.4. The quantitative estimate of drug-likeness (QED) is 0.821. The van der Waals surface area contributed by atoms with Crippen LogP contribution >= 0.6 is 28.3 Å². The molecule has 0 unspecified atom stereocenters. The molecule has 2 rings (SSSR count). The Morgan fingerprint density at radius 3 is 2.10 bits per heavy atom. The highest BCUT2D eigenvalue weighted by molar-refractivity contribution is 9.10. The highest BCUT2D eigenvalue weighted by atomic mass is 79.9. The van der Waals surface area contributed by atoms with Crippen molar-refractivity contribution >= 4 is 28.3 Å². The molecule has 0 spiro atoms. The Morgan fingerprint density at radius 1 is 1.19 bits per heavy atom. The lowest BCUT2D eigenvalue weighted by atomic mass is 9.91. The Morgan fingerprint density at radius 2 is 1.67 bits per heavy atom. The lowest BCUT2D eigenvalue weighted by molar-refractivity contribution is 0.0843. The number of ether oxygens (including phenoxy) is 2. The van der Waals surface area contributed by atoms with E-state index >= 15 is 0 Å². The fourth-order valence-electron chi connectivity index (χ4n) is 2.87. The number of methoxy groups -OCH3 is 2. The first-order chi connectivity index (χ1) is 9.58. The van der Waals surface area contributed by atoms with Crippen molar-refractivity contribution < 1.29 is 14.6 Å². The van der Waals surface area contributed by atoms with Crippen LogP contribution in [0.5, 0.6) is 11.5 Å². The van der Waals surface area contributed by atoms with Gasteiger partial charge in [-0.05, 0) is 52.4 Å². The van der Waals surface area contributed by atoms with Crippen molar-refractivity contribution in [2.24, 2.45) is 11.7 Å². The summed E-state index contributed by atoms with van der Waals surface area (Å²) in [5.41, 5.74) is 7.07. The summed E-state index contributed by atoms with van der Waals surface area (Å²) in [4.78, 5) is 0. The van der Waals surface area contributed by atoms with Crippen LogP contribution in [-0.2, 0) is 0 Å². The van der Waals surface area contributed by atoms with Gasteiger partial charge in [0.2, 0.25) is 0 Å². The van der Waals surface area contributed by atoms with Gasteiger partial charge in [-0.25, -0.2) is 0 Å². The molecule has 0 amide bonds. The first-order valence-electron chi connectivity index (χ1n) is 6.93. The van der Waals surface area contributed by atoms with Crippen molar-refractivity contribution in [1.29, 1.82) is 0 Å². The molecule has 1 aliphatic carbocycles. The molecule has 0 radical (unpaired) electrons. The van der Waals surface area contributed by atoms with Crippen LogP contribution in [0.2, 0.25) is 0 Å². The first-order valence-corrected chi connectivity index (χ1v) is 7.72. The average Bonchev–Trinajstić information content (AvgIpc) is 3.00. The van der Waals surface area contributed by atoms with E-state index in [-0.39, 0.29) is 12.4 Å². The predicted molar refractivity (Wildman–Crippen MR) is 89.4 cm³/mol. The zero-order valence-electron chi connectivity index (χ0n) is 12.3.